The number of hydrogen-bond acceptors (Lipinski definition) is 8. The van der Waals surface area contributed by atoms with Gasteiger partial charge in [-0.25, -0.2) is 4.39 Å². The summed E-state index contributed by atoms with van der Waals surface area (Å²) in [5.41, 5.74) is 8.90. The minimum Gasteiger partial charge on any atom is -0.395 e. The molecule has 0 amide bonds. The number of halogens is 1. The Labute approximate surface area is 273 Å². The first kappa shape index (κ1) is 31.1. The van der Waals surface area contributed by atoms with Crippen LogP contribution in [0.4, 0.5) is 21.5 Å². The van der Waals surface area contributed by atoms with Gasteiger partial charge in [0.1, 0.15) is 5.82 Å². The Morgan fingerprint density at radius 3 is 2.48 bits per heavy atom. The Kier molecular flexibility index (Phi) is 9.24. The monoisotopic (exact) mass is 625 g/mol. The van der Waals surface area contributed by atoms with Gasteiger partial charge in [0, 0.05) is 100 Å². The Balaban J connectivity index is 1.13. The lowest BCUT2D eigenvalue weighted by atomic mass is 9.96. The molecule has 9 heteroatoms. The van der Waals surface area contributed by atoms with E-state index in [-0.39, 0.29) is 12.4 Å². The average Bonchev–Trinajstić information content (AvgIpc) is 3.91. The molecule has 8 nitrogen and oxygen atoms in total. The topological polar surface area (TPSA) is 62.2 Å². The van der Waals surface area contributed by atoms with Gasteiger partial charge >= 0.3 is 0 Å². The van der Waals surface area contributed by atoms with Crippen molar-refractivity contribution in [3.8, 4) is 0 Å². The Morgan fingerprint density at radius 2 is 1.74 bits per heavy atom. The molecule has 0 bridgehead atoms. The molecule has 0 unspecified atom stereocenters. The number of aromatic nitrogens is 2. The lowest BCUT2D eigenvalue weighted by Crippen LogP contribution is -2.48. The number of benzene rings is 1. The minimum absolute atomic E-state index is 0.120. The third-order valence-electron chi connectivity index (χ3n) is 10.2. The number of rotatable bonds is 10. The number of piperazine rings is 1. The first-order valence-corrected chi connectivity index (χ1v) is 17.1. The molecule has 0 radical (unpaired) electrons. The van der Waals surface area contributed by atoms with Gasteiger partial charge in [-0.3, -0.25) is 19.8 Å². The number of hydrogen-bond donors (Lipinski definition) is 1. The molecule has 3 aliphatic heterocycles. The van der Waals surface area contributed by atoms with Crippen molar-refractivity contribution in [3.63, 3.8) is 0 Å². The smallest absolute Gasteiger partial charge is 0.146 e. The predicted molar refractivity (Wildman–Crippen MR) is 183 cm³/mol. The van der Waals surface area contributed by atoms with Crippen molar-refractivity contribution < 1.29 is 9.50 Å². The molecule has 1 aliphatic carbocycles. The van der Waals surface area contributed by atoms with Gasteiger partial charge in [0.25, 0.3) is 0 Å². The molecular weight excluding hydrogens is 577 g/mol. The maximum absolute atomic E-state index is 15.8. The van der Waals surface area contributed by atoms with E-state index in [9.17, 15) is 5.11 Å². The normalized spacial score (nSPS) is 20.7. The maximum atomic E-state index is 15.8. The molecule has 3 fully saturated rings. The molecule has 3 aromatic rings. The average molecular weight is 626 g/mol. The standard InChI is InChI=1S/C37H48FN7O/c1-27-5-6-33(22-40-27)43-11-3-4-34(26-43)44(23-29-9-10-39-28(2)18-29)24-30-19-31-20-35(38)37(21-36(31)45(25-30)32-7-8-32)42-14-12-41(13-15-42)16-17-46/h5-6,9-10,18,20-22,25,32,34,46H,3-4,7-8,11-17,19,23-24,26H2,1-2H3/t34-/m0/s1. The highest BCUT2D eigenvalue weighted by Gasteiger charge is 2.34. The van der Waals surface area contributed by atoms with E-state index in [1.165, 1.54) is 35.4 Å². The number of aliphatic hydroxyl groups is 1. The number of β-amino-alcohol motifs (C(OH)–C–C–N with tert-alkyl or cyclic N) is 1. The van der Waals surface area contributed by atoms with E-state index < -0.39 is 0 Å². The molecule has 46 heavy (non-hydrogen) atoms. The second-order valence-corrected chi connectivity index (χ2v) is 13.7. The van der Waals surface area contributed by atoms with Gasteiger partial charge in [-0.1, -0.05) is 0 Å². The van der Waals surface area contributed by atoms with Crippen LogP contribution in [0.15, 0.2) is 60.6 Å². The Bertz CT molecular complexity index is 1530. The zero-order valence-electron chi connectivity index (χ0n) is 27.4. The third-order valence-corrected chi connectivity index (χ3v) is 10.2. The van der Waals surface area contributed by atoms with Crippen LogP contribution in [0.3, 0.4) is 0 Å². The quantitative estimate of drug-likeness (QED) is 0.341. The predicted octanol–water partition coefficient (Wildman–Crippen LogP) is 4.93. The van der Waals surface area contributed by atoms with Crippen LogP contribution in [0.2, 0.25) is 0 Å². The summed E-state index contributed by atoms with van der Waals surface area (Å²) in [5, 5.41) is 9.33. The van der Waals surface area contributed by atoms with Crippen LogP contribution >= 0.6 is 0 Å². The number of aliphatic hydroxyl groups excluding tert-OH is 1. The van der Waals surface area contributed by atoms with E-state index in [4.69, 9.17) is 0 Å². The molecule has 2 saturated heterocycles. The van der Waals surface area contributed by atoms with Crippen LogP contribution in [0.1, 0.15) is 48.2 Å². The fourth-order valence-electron chi connectivity index (χ4n) is 7.52. The summed E-state index contributed by atoms with van der Waals surface area (Å²) >= 11 is 0. The van der Waals surface area contributed by atoms with E-state index in [1.54, 1.807) is 0 Å². The fraction of sp³-hybridized carbons (Fsp3) is 0.514. The number of pyridine rings is 2. The lowest BCUT2D eigenvalue weighted by Gasteiger charge is -2.41. The summed E-state index contributed by atoms with van der Waals surface area (Å²) in [6.45, 7) is 11.9. The van der Waals surface area contributed by atoms with Crippen molar-refractivity contribution in [2.24, 2.45) is 0 Å². The summed E-state index contributed by atoms with van der Waals surface area (Å²) in [5.74, 6) is -0.120. The maximum Gasteiger partial charge on any atom is 0.146 e. The van der Waals surface area contributed by atoms with Crippen LogP contribution in [-0.2, 0) is 13.0 Å². The fourth-order valence-corrected chi connectivity index (χ4v) is 7.52. The van der Waals surface area contributed by atoms with Crippen molar-refractivity contribution in [2.75, 3.05) is 73.7 Å². The van der Waals surface area contributed by atoms with Gasteiger partial charge in [-0.05, 0) is 99.0 Å². The highest BCUT2D eigenvalue weighted by Crippen LogP contribution is 2.41. The number of aryl methyl sites for hydroxylation is 2. The van der Waals surface area contributed by atoms with Crippen LogP contribution < -0.4 is 14.7 Å². The molecule has 2 aromatic heterocycles. The number of piperidine rings is 1. The molecule has 1 aromatic carbocycles. The van der Waals surface area contributed by atoms with Crippen LogP contribution in [0.5, 0.6) is 0 Å². The zero-order valence-corrected chi connectivity index (χ0v) is 27.4. The van der Waals surface area contributed by atoms with E-state index in [0.29, 0.717) is 24.3 Å². The van der Waals surface area contributed by atoms with Crippen molar-refractivity contribution in [3.05, 3.63) is 88.9 Å². The summed E-state index contributed by atoms with van der Waals surface area (Å²) in [6, 6.07) is 13.5. The summed E-state index contributed by atoms with van der Waals surface area (Å²) < 4.78 is 15.8. The molecule has 244 valence electrons. The van der Waals surface area contributed by atoms with E-state index >= 15 is 4.39 Å². The van der Waals surface area contributed by atoms with Crippen molar-refractivity contribution in [1.29, 1.82) is 0 Å². The van der Waals surface area contributed by atoms with Gasteiger partial charge in [-0.15, -0.1) is 0 Å². The Hall–Kier alpha value is -3.53. The molecule has 5 heterocycles. The second kappa shape index (κ2) is 13.7. The van der Waals surface area contributed by atoms with Gasteiger partial charge in [0.15, 0.2) is 0 Å². The molecule has 7 rings (SSSR count). The number of nitrogens with zero attached hydrogens (tertiary/aromatic N) is 7. The molecule has 1 atom stereocenters. The molecule has 1 saturated carbocycles. The molecular formula is C37H48FN7O. The van der Waals surface area contributed by atoms with Crippen LogP contribution in [-0.4, -0.2) is 95.9 Å². The van der Waals surface area contributed by atoms with Crippen molar-refractivity contribution in [1.82, 2.24) is 19.8 Å². The highest BCUT2D eigenvalue weighted by atomic mass is 19.1. The molecule has 1 N–H and O–H groups in total. The summed E-state index contributed by atoms with van der Waals surface area (Å²) in [7, 11) is 0. The van der Waals surface area contributed by atoms with Gasteiger partial charge in [-0.2, -0.15) is 0 Å². The van der Waals surface area contributed by atoms with E-state index in [0.717, 1.165) is 88.6 Å². The largest absolute Gasteiger partial charge is 0.395 e. The summed E-state index contributed by atoms with van der Waals surface area (Å²) in [6.07, 6.45) is 11.8. The first-order valence-electron chi connectivity index (χ1n) is 17.1. The number of anilines is 3. The van der Waals surface area contributed by atoms with E-state index in [1.807, 2.05) is 25.4 Å². The third kappa shape index (κ3) is 7.06. The van der Waals surface area contributed by atoms with E-state index in [2.05, 4.69) is 77.9 Å². The number of fused-ring (bicyclic) bond motifs is 1. The zero-order chi connectivity index (χ0) is 31.6. The second-order valence-electron chi connectivity index (χ2n) is 13.7. The van der Waals surface area contributed by atoms with Crippen molar-refractivity contribution >= 4 is 17.1 Å². The Morgan fingerprint density at radius 1 is 0.891 bits per heavy atom. The van der Waals surface area contributed by atoms with Gasteiger partial charge < -0.3 is 19.8 Å². The SMILES string of the molecule is Cc1ccc(N2CCC[C@H](N(CC3=CN(C4CC4)c4cc(N5CCN(CCO)CC5)c(F)cc4C3)Cc3ccnc(C)c3)C2)cn1. The van der Waals surface area contributed by atoms with Gasteiger partial charge in [0.05, 0.1) is 24.2 Å². The van der Waals surface area contributed by atoms with Crippen LogP contribution in [0.25, 0.3) is 0 Å². The van der Waals surface area contributed by atoms with Gasteiger partial charge in [0.2, 0.25) is 0 Å². The molecule has 4 aliphatic rings. The molecule has 0 spiro atoms. The lowest BCUT2D eigenvalue weighted by molar-refractivity contribution is 0.180. The van der Waals surface area contributed by atoms with Crippen LogP contribution in [0, 0.1) is 19.7 Å². The summed E-state index contributed by atoms with van der Waals surface area (Å²) in [4.78, 5) is 21.1. The minimum atomic E-state index is -0.120. The highest BCUT2D eigenvalue weighted by molar-refractivity contribution is 5.69. The first-order chi connectivity index (χ1) is 22.4. The van der Waals surface area contributed by atoms with Crippen molar-refractivity contribution in [2.45, 2.75) is 64.6 Å².